The number of anilines is 1. The number of nitro groups is 1. The molecule has 1 unspecified atom stereocenters. The lowest BCUT2D eigenvalue weighted by Gasteiger charge is -2.33. The number of hydrogen-bond acceptors (Lipinski definition) is 6. The number of hydrogen-bond donors (Lipinski definition) is 1. The Kier molecular flexibility index (Phi) is 5.10. The van der Waals surface area contributed by atoms with Crippen molar-refractivity contribution in [1.82, 2.24) is 9.88 Å². The van der Waals surface area contributed by atoms with Gasteiger partial charge >= 0.3 is 0 Å². The Balaban J connectivity index is 1.75. The Morgan fingerprint density at radius 1 is 1.44 bits per heavy atom. The zero-order chi connectivity index (χ0) is 17.8. The molecule has 7 heteroatoms. The molecule has 1 aliphatic rings. The first kappa shape index (κ1) is 17.1. The van der Waals surface area contributed by atoms with E-state index in [2.05, 4.69) is 28.2 Å². The van der Waals surface area contributed by atoms with Crippen LogP contribution < -0.4 is 5.32 Å². The molecule has 7 nitrogen and oxygen atoms in total. The Morgan fingerprint density at radius 2 is 2.28 bits per heavy atom. The summed E-state index contributed by atoms with van der Waals surface area (Å²) in [6.45, 7) is 5.07. The molecule has 0 bridgehead atoms. The average Bonchev–Trinajstić information content (AvgIpc) is 2.62. The fourth-order valence-corrected chi connectivity index (χ4v) is 3.33. The van der Waals surface area contributed by atoms with Crippen molar-refractivity contribution < 1.29 is 4.92 Å². The summed E-state index contributed by atoms with van der Waals surface area (Å²) in [6.07, 6.45) is 3.79. The zero-order valence-corrected chi connectivity index (χ0v) is 14.2. The number of likely N-dealkylation sites (tertiary alicyclic amines) is 1. The van der Waals surface area contributed by atoms with Crippen molar-refractivity contribution in [2.45, 2.75) is 32.2 Å². The van der Waals surface area contributed by atoms with E-state index in [-0.39, 0.29) is 5.69 Å². The predicted molar refractivity (Wildman–Crippen MR) is 96.5 cm³/mol. The van der Waals surface area contributed by atoms with Crippen molar-refractivity contribution in [1.29, 1.82) is 5.26 Å². The number of benzene rings is 1. The summed E-state index contributed by atoms with van der Waals surface area (Å²) in [4.78, 5) is 17.4. The lowest BCUT2D eigenvalue weighted by molar-refractivity contribution is -0.384. The molecular weight excluding hydrogens is 318 g/mol. The number of pyridine rings is 1. The second-order valence-electron chi connectivity index (χ2n) is 6.43. The predicted octanol–water partition coefficient (Wildman–Crippen LogP) is 3.30. The van der Waals surface area contributed by atoms with Gasteiger partial charge in [0.15, 0.2) is 0 Å². The highest BCUT2D eigenvalue weighted by atomic mass is 16.6. The van der Waals surface area contributed by atoms with Crippen LogP contribution >= 0.6 is 0 Å². The highest BCUT2D eigenvalue weighted by Gasteiger charge is 2.17. The number of nitriles is 1. The number of aromatic nitrogens is 1. The number of piperidine rings is 1. The van der Waals surface area contributed by atoms with E-state index in [0.717, 1.165) is 19.6 Å². The van der Waals surface area contributed by atoms with Crippen LogP contribution in [-0.4, -0.2) is 40.5 Å². The largest absolute Gasteiger partial charge is 0.369 e. The third kappa shape index (κ3) is 3.86. The van der Waals surface area contributed by atoms with Crippen molar-refractivity contribution in [3.63, 3.8) is 0 Å². The Labute approximate surface area is 146 Å². The fourth-order valence-electron chi connectivity index (χ4n) is 3.33. The monoisotopic (exact) mass is 339 g/mol. The molecule has 1 aliphatic heterocycles. The maximum atomic E-state index is 10.9. The first-order valence-electron chi connectivity index (χ1n) is 8.55. The molecule has 0 spiro atoms. The van der Waals surface area contributed by atoms with Gasteiger partial charge in [0.2, 0.25) is 0 Å². The van der Waals surface area contributed by atoms with Crippen molar-refractivity contribution in [3.05, 3.63) is 39.9 Å². The fraction of sp³-hybridized carbons (Fsp3) is 0.444. The van der Waals surface area contributed by atoms with Gasteiger partial charge in [0, 0.05) is 36.7 Å². The summed E-state index contributed by atoms with van der Waals surface area (Å²) in [5, 5.41) is 24.1. The van der Waals surface area contributed by atoms with Gasteiger partial charge in [0.05, 0.1) is 22.1 Å². The van der Waals surface area contributed by atoms with E-state index in [1.54, 1.807) is 12.1 Å². The molecule has 1 aromatic heterocycles. The maximum absolute atomic E-state index is 10.9. The highest BCUT2D eigenvalue weighted by Crippen LogP contribution is 2.25. The van der Waals surface area contributed by atoms with Gasteiger partial charge in [-0.25, -0.2) is 4.98 Å². The molecule has 0 aliphatic carbocycles. The minimum atomic E-state index is -0.466. The van der Waals surface area contributed by atoms with Crippen molar-refractivity contribution in [3.8, 4) is 6.07 Å². The van der Waals surface area contributed by atoms with Crippen LogP contribution in [-0.2, 0) is 0 Å². The molecule has 3 rings (SSSR count). The molecule has 1 atom stereocenters. The van der Waals surface area contributed by atoms with Crippen LogP contribution in [0.1, 0.15) is 31.7 Å². The molecule has 2 heterocycles. The number of fused-ring (bicyclic) bond motifs is 1. The molecule has 1 saturated heterocycles. The third-order valence-corrected chi connectivity index (χ3v) is 4.77. The average molecular weight is 339 g/mol. The standard InChI is InChI=1S/C18H21N5O2/c1-13-4-2-3-8-22(13)9-7-20-18-10-14(12-19)16-11-15(23(24)25)5-6-17(16)21-18/h5-6,10-11,13H,2-4,7-9H2,1H3,(H,20,21). The summed E-state index contributed by atoms with van der Waals surface area (Å²) >= 11 is 0. The molecule has 1 aromatic carbocycles. The van der Waals surface area contributed by atoms with Gasteiger partial charge < -0.3 is 5.32 Å². The first-order valence-corrected chi connectivity index (χ1v) is 8.55. The van der Waals surface area contributed by atoms with Crippen LogP contribution in [0.5, 0.6) is 0 Å². The molecule has 1 fully saturated rings. The maximum Gasteiger partial charge on any atom is 0.270 e. The summed E-state index contributed by atoms with van der Waals surface area (Å²) in [7, 11) is 0. The molecule has 1 N–H and O–H groups in total. The van der Waals surface area contributed by atoms with Crippen LogP contribution in [0.3, 0.4) is 0 Å². The van der Waals surface area contributed by atoms with Gasteiger partial charge in [0.1, 0.15) is 5.82 Å². The van der Waals surface area contributed by atoms with Crippen LogP contribution in [0.4, 0.5) is 11.5 Å². The van der Waals surface area contributed by atoms with Gasteiger partial charge in [-0.15, -0.1) is 0 Å². The van der Waals surface area contributed by atoms with Gasteiger partial charge in [-0.1, -0.05) is 6.42 Å². The lowest BCUT2D eigenvalue weighted by atomic mass is 10.0. The summed E-state index contributed by atoms with van der Waals surface area (Å²) in [5.41, 5.74) is 0.937. The normalized spacial score (nSPS) is 18.0. The molecule has 130 valence electrons. The Hall–Kier alpha value is -2.72. The van der Waals surface area contributed by atoms with E-state index in [1.165, 1.54) is 31.4 Å². The molecule has 2 aromatic rings. The molecule has 25 heavy (non-hydrogen) atoms. The second kappa shape index (κ2) is 7.45. The van der Waals surface area contributed by atoms with Gasteiger partial charge in [0.25, 0.3) is 5.69 Å². The number of nitrogens with zero attached hydrogens (tertiary/aromatic N) is 4. The van der Waals surface area contributed by atoms with E-state index in [9.17, 15) is 15.4 Å². The van der Waals surface area contributed by atoms with Crippen LogP contribution in [0, 0.1) is 21.4 Å². The van der Waals surface area contributed by atoms with Crippen molar-refractivity contribution in [2.24, 2.45) is 0 Å². The SMILES string of the molecule is CC1CCCCN1CCNc1cc(C#N)c2cc([N+](=O)[O-])ccc2n1. The summed E-state index contributed by atoms with van der Waals surface area (Å²) in [5.74, 6) is 0.627. The number of nitro benzene ring substituents is 1. The van der Waals surface area contributed by atoms with Crippen LogP contribution in [0.15, 0.2) is 24.3 Å². The van der Waals surface area contributed by atoms with Crippen LogP contribution in [0.2, 0.25) is 0 Å². The Bertz CT molecular complexity index is 830. The van der Waals surface area contributed by atoms with E-state index in [1.807, 2.05) is 0 Å². The first-order chi connectivity index (χ1) is 12.1. The van der Waals surface area contributed by atoms with Gasteiger partial charge in [-0.05, 0) is 38.4 Å². The number of rotatable bonds is 5. The number of nitrogens with one attached hydrogen (secondary N) is 1. The quantitative estimate of drug-likeness (QED) is 0.663. The zero-order valence-electron chi connectivity index (χ0n) is 14.2. The third-order valence-electron chi connectivity index (χ3n) is 4.77. The summed E-state index contributed by atoms with van der Waals surface area (Å²) < 4.78 is 0. The van der Waals surface area contributed by atoms with E-state index < -0.39 is 4.92 Å². The molecule has 0 radical (unpaired) electrons. The lowest BCUT2D eigenvalue weighted by Crippen LogP contribution is -2.40. The van der Waals surface area contributed by atoms with Gasteiger partial charge in [-0.3, -0.25) is 15.0 Å². The topological polar surface area (TPSA) is 95.1 Å². The molecule has 0 amide bonds. The van der Waals surface area contributed by atoms with Crippen molar-refractivity contribution >= 4 is 22.4 Å². The minimum absolute atomic E-state index is 0.0365. The van der Waals surface area contributed by atoms with E-state index >= 15 is 0 Å². The summed E-state index contributed by atoms with van der Waals surface area (Å²) in [6, 6.07) is 8.78. The molecule has 0 saturated carbocycles. The van der Waals surface area contributed by atoms with E-state index in [0.29, 0.717) is 28.3 Å². The highest BCUT2D eigenvalue weighted by molar-refractivity contribution is 5.88. The minimum Gasteiger partial charge on any atom is -0.369 e. The molecular formula is C18H21N5O2. The number of non-ortho nitro benzene ring substituents is 1. The van der Waals surface area contributed by atoms with Crippen molar-refractivity contribution in [2.75, 3.05) is 25.0 Å². The second-order valence-corrected chi connectivity index (χ2v) is 6.43. The smallest absolute Gasteiger partial charge is 0.270 e. The van der Waals surface area contributed by atoms with E-state index in [4.69, 9.17) is 0 Å². The van der Waals surface area contributed by atoms with Crippen LogP contribution in [0.25, 0.3) is 10.9 Å². The Morgan fingerprint density at radius 3 is 3.00 bits per heavy atom. The van der Waals surface area contributed by atoms with Gasteiger partial charge in [-0.2, -0.15) is 5.26 Å².